The smallest absolute Gasteiger partial charge is 0.335 e. The van der Waals surface area contributed by atoms with E-state index >= 15 is 0 Å². The molecule has 3 nitrogen and oxygen atoms in total. The summed E-state index contributed by atoms with van der Waals surface area (Å²) in [6.45, 7) is 10.5. The number of esters is 1. The number of unbranched alkanes of at least 4 members (excludes halogenated alkanes) is 6. The fourth-order valence-corrected chi connectivity index (χ4v) is 2.49. The maximum absolute atomic E-state index is 11.7. The van der Waals surface area contributed by atoms with Crippen molar-refractivity contribution in [3.8, 4) is 0 Å². The Hall–Kier alpha value is -1.87. The van der Waals surface area contributed by atoms with Gasteiger partial charge in [0.2, 0.25) is 0 Å². The lowest BCUT2D eigenvalue weighted by molar-refractivity contribution is -0.139. The quantitative estimate of drug-likeness (QED) is 0.105. The zero-order chi connectivity index (χ0) is 20.7. The lowest BCUT2D eigenvalue weighted by atomic mass is 10.1. The van der Waals surface area contributed by atoms with Gasteiger partial charge in [-0.1, -0.05) is 81.7 Å². The van der Waals surface area contributed by atoms with Crippen molar-refractivity contribution in [2.75, 3.05) is 19.8 Å². The summed E-state index contributed by atoms with van der Waals surface area (Å²) < 4.78 is 10.4. The standard InChI is InChI=1S/C25H40O3/c1-4-6-7-8-9-10-11-12-13-14-15-16-17-18-19-20-22-28-25(26)24(3)23-27-21-5-2/h5-7,9-10,12-13H,2-4,8,11,14-23H2,1H3/b7-6-,10-9-,13-12-. The minimum Gasteiger partial charge on any atom is -0.462 e. The second-order valence-corrected chi connectivity index (χ2v) is 6.75. The normalized spacial score (nSPS) is 11.6. The molecule has 0 saturated heterocycles. The summed E-state index contributed by atoms with van der Waals surface area (Å²) in [5, 5.41) is 0. The molecule has 28 heavy (non-hydrogen) atoms. The molecule has 158 valence electrons. The first kappa shape index (κ1) is 26.1. The Morgan fingerprint density at radius 1 is 0.857 bits per heavy atom. The molecule has 3 heteroatoms. The number of hydrogen-bond donors (Lipinski definition) is 0. The van der Waals surface area contributed by atoms with Gasteiger partial charge in [0.1, 0.15) is 0 Å². The molecule has 0 spiro atoms. The summed E-state index contributed by atoms with van der Waals surface area (Å²) in [7, 11) is 0. The van der Waals surface area contributed by atoms with Gasteiger partial charge in [0.15, 0.2) is 0 Å². The number of rotatable bonds is 19. The predicted octanol–water partition coefficient (Wildman–Crippen LogP) is 6.88. The third kappa shape index (κ3) is 18.9. The summed E-state index contributed by atoms with van der Waals surface area (Å²) in [5.74, 6) is -0.358. The van der Waals surface area contributed by atoms with Crippen LogP contribution in [0, 0.1) is 0 Å². The van der Waals surface area contributed by atoms with Gasteiger partial charge in [0.25, 0.3) is 0 Å². The van der Waals surface area contributed by atoms with Crippen LogP contribution in [0.3, 0.4) is 0 Å². The topological polar surface area (TPSA) is 35.5 Å². The summed E-state index contributed by atoms with van der Waals surface area (Å²) in [6.07, 6.45) is 26.4. The highest BCUT2D eigenvalue weighted by atomic mass is 16.5. The van der Waals surface area contributed by atoms with Crippen molar-refractivity contribution in [3.05, 3.63) is 61.3 Å². The Bertz CT molecular complexity index is 486. The van der Waals surface area contributed by atoms with Crippen molar-refractivity contribution in [1.82, 2.24) is 0 Å². The fourth-order valence-electron chi connectivity index (χ4n) is 2.49. The molecular weight excluding hydrogens is 348 g/mol. The maximum atomic E-state index is 11.7. The Morgan fingerprint density at radius 3 is 2.14 bits per heavy atom. The van der Waals surface area contributed by atoms with E-state index in [-0.39, 0.29) is 12.6 Å². The highest BCUT2D eigenvalue weighted by Crippen LogP contribution is 2.08. The Balaban J connectivity index is 3.38. The van der Waals surface area contributed by atoms with Gasteiger partial charge in [-0.15, -0.1) is 6.58 Å². The van der Waals surface area contributed by atoms with Gasteiger partial charge in [-0.05, 0) is 38.5 Å². The van der Waals surface area contributed by atoms with E-state index in [2.05, 4.69) is 56.5 Å². The summed E-state index contributed by atoms with van der Waals surface area (Å²) in [4.78, 5) is 11.7. The minimum atomic E-state index is -0.358. The van der Waals surface area contributed by atoms with Gasteiger partial charge in [-0.25, -0.2) is 4.79 Å². The lowest BCUT2D eigenvalue weighted by Crippen LogP contribution is -2.12. The maximum Gasteiger partial charge on any atom is 0.335 e. The third-order valence-corrected chi connectivity index (χ3v) is 4.08. The van der Waals surface area contributed by atoms with E-state index in [1.165, 1.54) is 25.7 Å². The van der Waals surface area contributed by atoms with Crippen molar-refractivity contribution >= 4 is 5.97 Å². The van der Waals surface area contributed by atoms with Crippen molar-refractivity contribution in [2.45, 2.75) is 71.1 Å². The van der Waals surface area contributed by atoms with Crippen molar-refractivity contribution in [1.29, 1.82) is 0 Å². The molecule has 0 aromatic heterocycles. The molecule has 0 aromatic rings. The first-order valence-electron chi connectivity index (χ1n) is 10.7. The molecule has 0 atom stereocenters. The average molecular weight is 389 g/mol. The highest BCUT2D eigenvalue weighted by Gasteiger charge is 2.07. The molecular formula is C25H40O3. The van der Waals surface area contributed by atoms with Crippen LogP contribution in [0.25, 0.3) is 0 Å². The Kier molecular flexibility index (Phi) is 20.0. The van der Waals surface area contributed by atoms with Crippen LogP contribution >= 0.6 is 0 Å². The molecule has 0 rings (SSSR count). The van der Waals surface area contributed by atoms with Crippen molar-refractivity contribution in [2.24, 2.45) is 0 Å². The van der Waals surface area contributed by atoms with Crippen LogP contribution in [0.2, 0.25) is 0 Å². The van der Waals surface area contributed by atoms with E-state index < -0.39 is 0 Å². The van der Waals surface area contributed by atoms with Gasteiger partial charge in [-0.2, -0.15) is 0 Å². The van der Waals surface area contributed by atoms with Crippen molar-refractivity contribution < 1.29 is 14.3 Å². The molecule has 0 aliphatic rings. The van der Waals surface area contributed by atoms with E-state index in [4.69, 9.17) is 9.47 Å². The fraction of sp³-hybridized carbons (Fsp3) is 0.560. The molecule has 0 aromatic carbocycles. The van der Waals surface area contributed by atoms with Gasteiger partial charge >= 0.3 is 5.97 Å². The summed E-state index contributed by atoms with van der Waals surface area (Å²) >= 11 is 0. The molecule has 0 bridgehead atoms. The number of ether oxygens (including phenoxy) is 2. The van der Waals surface area contributed by atoms with E-state index in [9.17, 15) is 4.79 Å². The largest absolute Gasteiger partial charge is 0.462 e. The number of carbonyl (C=O) groups excluding carboxylic acids is 1. The second kappa shape index (κ2) is 21.4. The zero-order valence-electron chi connectivity index (χ0n) is 17.9. The summed E-state index contributed by atoms with van der Waals surface area (Å²) in [5.41, 5.74) is 0.360. The molecule has 0 fully saturated rings. The molecule has 0 N–H and O–H groups in total. The molecule has 0 unspecified atom stereocenters. The molecule has 0 amide bonds. The van der Waals surface area contributed by atoms with Gasteiger partial charge < -0.3 is 9.47 Å². The van der Waals surface area contributed by atoms with Crippen LogP contribution in [-0.4, -0.2) is 25.8 Å². The van der Waals surface area contributed by atoms with Gasteiger partial charge in [0, 0.05) is 0 Å². The lowest BCUT2D eigenvalue weighted by Gasteiger charge is -2.07. The molecule has 0 aliphatic heterocycles. The number of hydrogen-bond acceptors (Lipinski definition) is 3. The predicted molar refractivity (Wildman–Crippen MR) is 120 cm³/mol. The Labute approximate surface area is 172 Å². The monoisotopic (exact) mass is 388 g/mol. The molecule has 0 aliphatic carbocycles. The summed E-state index contributed by atoms with van der Waals surface area (Å²) in [6, 6.07) is 0. The highest BCUT2D eigenvalue weighted by molar-refractivity contribution is 5.87. The van der Waals surface area contributed by atoms with Crippen LogP contribution in [0.4, 0.5) is 0 Å². The molecule has 0 saturated carbocycles. The zero-order valence-corrected chi connectivity index (χ0v) is 17.9. The third-order valence-electron chi connectivity index (χ3n) is 4.08. The van der Waals surface area contributed by atoms with Crippen LogP contribution in [0.15, 0.2) is 61.3 Å². The van der Waals surface area contributed by atoms with E-state index in [0.29, 0.717) is 18.8 Å². The van der Waals surface area contributed by atoms with Crippen LogP contribution < -0.4 is 0 Å². The first-order valence-corrected chi connectivity index (χ1v) is 10.7. The average Bonchev–Trinajstić information content (AvgIpc) is 2.70. The SMILES string of the molecule is C=CCOCC(=C)C(=O)OCCCCCCCC/C=C\C/C=C\C/C=C\CC. The van der Waals surface area contributed by atoms with E-state index in [1.54, 1.807) is 6.08 Å². The number of carbonyl (C=O) groups is 1. The Morgan fingerprint density at radius 2 is 1.46 bits per heavy atom. The second-order valence-electron chi connectivity index (χ2n) is 6.75. The van der Waals surface area contributed by atoms with Crippen LogP contribution in [0.5, 0.6) is 0 Å². The van der Waals surface area contributed by atoms with Crippen molar-refractivity contribution in [3.63, 3.8) is 0 Å². The van der Waals surface area contributed by atoms with Crippen LogP contribution in [0.1, 0.15) is 71.1 Å². The van der Waals surface area contributed by atoms with Gasteiger partial charge in [-0.3, -0.25) is 0 Å². The number of allylic oxidation sites excluding steroid dienone is 6. The van der Waals surface area contributed by atoms with E-state index in [1.807, 2.05) is 0 Å². The first-order chi connectivity index (χ1) is 13.7. The van der Waals surface area contributed by atoms with Crippen LogP contribution in [-0.2, 0) is 14.3 Å². The molecule has 0 heterocycles. The molecule has 0 radical (unpaired) electrons. The van der Waals surface area contributed by atoms with E-state index in [0.717, 1.165) is 38.5 Å². The van der Waals surface area contributed by atoms with Gasteiger partial charge in [0.05, 0.1) is 25.4 Å². The minimum absolute atomic E-state index is 0.200.